The number of carbonyl (C=O) groups is 1. The van der Waals surface area contributed by atoms with Crippen LogP contribution in [0, 0.1) is 0 Å². The summed E-state index contributed by atoms with van der Waals surface area (Å²) in [5.74, 6) is 1.48. The number of carboxylic acid groups (broad SMARTS) is 1. The van der Waals surface area contributed by atoms with Gasteiger partial charge in [-0.1, -0.05) is 34.4 Å². The summed E-state index contributed by atoms with van der Waals surface area (Å²) in [4.78, 5) is 23.3. The average Bonchev–Trinajstić information content (AvgIpc) is 3.67. The Morgan fingerprint density at radius 2 is 1.80 bits per heavy atom. The molecule has 4 heterocycles. The summed E-state index contributed by atoms with van der Waals surface area (Å²) in [6, 6.07) is 11.2. The SMILES string of the molecule is COc1nc2cc(C(=O)O)ccc2nc1N1C2CCC1CC(NCc1c(-c3c(Cl)cccc3Cl)noc1C1CC1)C2. The average molecular weight is 594 g/mol. The third kappa shape index (κ3) is 4.79. The van der Waals surface area contributed by atoms with E-state index in [1.165, 1.54) is 6.07 Å². The number of nitrogens with zero attached hydrogens (tertiary/aromatic N) is 4. The number of carboxylic acids is 1. The normalized spacial score (nSPS) is 21.9. The number of hydrogen-bond donors (Lipinski definition) is 2. The van der Waals surface area contributed by atoms with E-state index in [9.17, 15) is 9.90 Å². The number of halogens is 2. The van der Waals surface area contributed by atoms with E-state index in [1.54, 1.807) is 19.2 Å². The lowest BCUT2D eigenvalue weighted by molar-refractivity contribution is 0.0697. The summed E-state index contributed by atoms with van der Waals surface area (Å²) in [7, 11) is 1.58. The van der Waals surface area contributed by atoms with E-state index in [2.05, 4.69) is 20.4 Å². The number of fused-ring (bicyclic) bond motifs is 3. The van der Waals surface area contributed by atoms with Gasteiger partial charge in [-0.2, -0.15) is 0 Å². The number of nitrogens with one attached hydrogen (secondary N) is 1. The zero-order chi connectivity index (χ0) is 28.2. The molecule has 2 aromatic carbocycles. The van der Waals surface area contributed by atoms with Crippen molar-refractivity contribution in [3.8, 4) is 17.1 Å². The number of hydrogen-bond acceptors (Lipinski definition) is 8. The summed E-state index contributed by atoms with van der Waals surface area (Å²) in [6.07, 6.45) is 6.22. The van der Waals surface area contributed by atoms with Crippen molar-refractivity contribution in [3.05, 3.63) is 63.3 Å². The summed E-state index contributed by atoms with van der Waals surface area (Å²) in [6.45, 7) is 0.626. The molecule has 11 heteroatoms. The number of aromatic nitrogens is 3. The van der Waals surface area contributed by atoms with Gasteiger partial charge in [-0.3, -0.25) is 0 Å². The Balaban J connectivity index is 1.12. The monoisotopic (exact) mass is 593 g/mol. The lowest BCUT2D eigenvalue weighted by Crippen LogP contribution is -2.49. The zero-order valence-electron chi connectivity index (χ0n) is 22.4. The number of aromatic carboxylic acids is 1. The Labute approximate surface area is 246 Å². The minimum atomic E-state index is -0.998. The molecule has 3 aliphatic rings. The molecule has 0 radical (unpaired) electrons. The van der Waals surface area contributed by atoms with Crippen molar-refractivity contribution in [3.63, 3.8) is 0 Å². The lowest BCUT2D eigenvalue weighted by Gasteiger charge is -2.40. The summed E-state index contributed by atoms with van der Waals surface area (Å²) < 4.78 is 11.5. The summed E-state index contributed by atoms with van der Waals surface area (Å²) in [5, 5.41) is 18.7. The van der Waals surface area contributed by atoms with Crippen LogP contribution in [0.4, 0.5) is 5.82 Å². The van der Waals surface area contributed by atoms with Crippen LogP contribution >= 0.6 is 23.2 Å². The molecule has 212 valence electrons. The fraction of sp³-hybridized carbons (Fsp3) is 0.400. The highest BCUT2D eigenvalue weighted by molar-refractivity contribution is 6.39. The van der Waals surface area contributed by atoms with Crippen LogP contribution in [0.5, 0.6) is 5.88 Å². The molecule has 1 aliphatic carbocycles. The van der Waals surface area contributed by atoms with Gasteiger partial charge in [-0.05, 0) is 68.9 Å². The van der Waals surface area contributed by atoms with Gasteiger partial charge < -0.3 is 24.6 Å². The molecular formula is C30H29Cl2N5O4. The Morgan fingerprint density at radius 3 is 2.46 bits per heavy atom. The van der Waals surface area contributed by atoms with Gasteiger partial charge in [0.2, 0.25) is 0 Å². The third-order valence-corrected chi connectivity index (χ3v) is 9.20. The van der Waals surface area contributed by atoms with Crippen LogP contribution in [0.25, 0.3) is 22.3 Å². The second-order valence-corrected chi connectivity index (χ2v) is 12.0. The van der Waals surface area contributed by atoms with E-state index in [1.807, 2.05) is 18.2 Å². The first kappa shape index (κ1) is 26.5. The largest absolute Gasteiger partial charge is 0.478 e. The van der Waals surface area contributed by atoms with Gasteiger partial charge in [0, 0.05) is 41.7 Å². The van der Waals surface area contributed by atoms with E-state index >= 15 is 0 Å². The van der Waals surface area contributed by atoms with Gasteiger partial charge in [0.1, 0.15) is 11.5 Å². The quantitative estimate of drug-likeness (QED) is 0.237. The van der Waals surface area contributed by atoms with Crippen LogP contribution in [0.2, 0.25) is 10.0 Å². The Kier molecular flexibility index (Phi) is 6.76. The van der Waals surface area contributed by atoms with E-state index in [4.69, 9.17) is 37.4 Å². The molecule has 2 aliphatic heterocycles. The van der Waals surface area contributed by atoms with E-state index in [-0.39, 0.29) is 17.6 Å². The molecule has 1 saturated carbocycles. The first-order valence-electron chi connectivity index (χ1n) is 13.9. The second kappa shape index (κ2) is 10.5. The molecular weight excluding hydrogens is 565 g/mol. The smallest absolute Gasteiger partial charge is 0.335 e. The van der Waals surface area contributed by atoms with Crippen LogP contribution in [0.15, 0.2) is 40.9 Å². The molecule has 0 amide bonds. The van der Waals surface area contributed by atoms with Crippen molar-refractivity contribution in [2.75, 3.05) is 12.0 Å². The van der Waals surface area contributed by atoms with Gasteiger partial charge >= 0.3 is 5.97 Å². The van der Waals surface area contributed by atoms with Crippen LogP contribution in [-0.4, -0.2) is 51.4 Å². The molecule has 7 rings (SSSR count). The fourth-order valence-corrected chi connectivity index (χ4v) is 7.06. The van der Waals surface area contributed by atoms with Crippen molar-refractivity contribution < 1.29 is 19.2 Å². The van der Waals surface area contributed by atoms with Crippen LogP contribution in [0.1, 0.15) is 66.1 Å². The summed E-state index contributed by atoms with van der Waals surface area (Å²) >= 11 is 13.1. The van der Waals surface area contributed by atoms with Crippen molar-refractivity contribution in [1.29, 1.82) is 0 Å². The second-order valence-electron chi connectivity index (χ2n) is 11.2. The maximum absolute atomic E-state index is 11.4. The van der Waals surface area contributed by atoms with Gasteiger partial charge in [0.15, 0.2) is 5.82 Å². The van der Waals surface area contributed by atoms with Gasteiger partial charge in [0.05, 0.1) is 33.8 Å². The van der Waals surface area contributed by atoms with Crippen molar-refractivity contribution in [2.24, 2.45) is 0 Å². The third-order valence-electron chi connectivity index (χ3n) is 8.57. The minimum Gasteiger partial charge on any atom is -0.478 e. The molecule has 2 saturated heterocycles. The minimum absolute atomic E-state index is 0.172. The van der Waals surface area contributed by atoms with Crippen molar-refractivity contribution in [1.82, 2.24) is 20.4 Å². The van der Waals surface area contributed by atoms with Crippen LogP contribution in [0.3, 0.4) is 0 Å². The molecule has 2 bridgehead atoms. The zero-order valence-corrected chi connectivity index (χ0v) is 24.0. The fourth-order valence-electron chi connectivity index (χ4n) is 6.48. The van der Waals surface area contributed by atoms with E-state index in [0.29, 0.717) is 45.5 Å². The van der Waals surface area contributed by atoms with Gasteiger partial charge in [-0.15, -0.1) is 0 Å². The van der Waals surface area contributed by atoms with E-state index < -0.39 is 5.97 Å². The lowest BCUT2D eigenvalue weighted by atomic mass is 9.96. The summed E-state index contributed by atoms with van der Waals surface area (Å²) in [5.41, 5.74) is 3.81. The van der Waals surface area contributed by atoms with Crippen molar-refractivity contribution >= 4 is 46.0 Å². The molecule has 2 aromatic heterocycles. The molecule has 3 fully saturated rings. The molecule has 2 atom stereocenters. The Bertz CT molecular complexity index is 1620. The predicted octanol–water partition coefficient (Wildman–Crippen LogP) is 6.47. The number of benzene rings is 2. The molecule has 9 nitrogen and oxygen atoms in total. The highest BCUT2D eigenvalue weighted by Gasteiger charge is 2.43. The highest BCUT2D eigenvalue weighted by Crippen LogP contribution is 2.46. The molecule has 2 N–H and O–H groups in total. The first-order valence-corrected chi connectivity index (χ1v) is 14.7. The van der Waals surface area contributed by atoms with Crippen LogP contribution < -0.4 is 15.0 Å². The number of rotatable bonds is 8. The molecule has 4 aromatic rings. The molecule has 41 heavy (non-hydrogen) atoms. The van der Waals surface area contributed by atoms with Gasteiger partial charge in [0.25, 0.3) is 5.88 Å². The number of piperidine rings is 1. The molecule has 0 spiro atoms. The predicted molar refractivity (Wildman–Crippen MR) is 156 cm³/mol. The van der Waals surface area contributed by atoms with Crippen molar-refractivity contribution in [2.45, 2.75) is 69.1 Å². The number of anilines is 1. The van der Waals surface area contributed by atoms with Gasteiger partial charge in [-0.25, -0.2) is 14.8 Å². The number of ether oxygens (including phenoxy) is 1. The Morgan fingerprint density at radius 1 is 1.07 bits per heavy atom. The molecule has 2 unspecified atom stereocenters. The highest BCUT2D eigenvalue weighted by atomic mass is 35.5. The topological polar surface area (TPSA) is 114 Å². The maximum atomic E-state index is 11.4. The maximum Gasteiger partial charge on any atom is 0.335 e. The first-order chi connectivity index (χ1) is 19.9. The number of methoxy groups -OCH3 is 1. The van der Waals surface area contributed by atoms with Crippen LogP contribution in [-0.2, 0) is 6.54 Å². The van der Waals surface area contributed by atoms with E-state index in [0.717, 1.165) is 66.9 Å². The standard InChI is InChI=1S/C30H29Cl2N5O4/c1-40-29-28(34-23-10-7-16(30(38)39)11-24(23)35-29)37-18-8-9-19(37)13-17(12-18)33-14-20-26(36-41-27(20)15-5-6-15)25-21(31)3-2-4-22(25)32/h2-4,7,10-11,15,17-19,33H,5-6,8-9,12-14H2,1H3,(H,38,39). The Hall–Kier alpha value is -3.40.